The summed E-state index contributed by atoms with van der Waals surface area (Å²) < 4.78 is 6.33. The predicted molar refractivity (Wildman–Crippen MR) is 54.4 cm³/mol. The molecule has 0 spiro atoms. The average molecular weight is 240 g/mol. The van der Waals surface area contributed by atoms with E-state index in [9.17, 15) is 10.2 Å². The molecule has 4 atom stereocenters. The lowest BCUT2D eigenvalue weighted by molar-refractivity contribution is -0.0574. The SMILES string of the molecule is N#Cc1cnn([C@@H]2O[C@@H](CO)[C@H](O)[C@@H]2O)c1N. The molecule has 1 aliphatic heterocycles. The van der Waals surface area contributed by atoms with Crippen molar-refractivity contribution >= 4 is 5.82 Å². The van der Waals surface area contributed by atoms with E-state index in [1.165, 1.54) is 6.20 Å². The fourth-order valence-corrected chi connectivity index (χ4v) is 1.74. The Bertz CT molecular complexity index is 454. The van der Waals surface area contributed by atoms with Crippen LogP contribution < -0.4 is 5.73 Å². The largest absolute Gasteiger partial charge is 0.394 e. The summed E-state index contributed by atoms with van der Waals surface area (Å²) in [7, 11) is 0. The second-order valence-corrected chi connectivity index (χ2v) is 3.73. The summed E-state index contributed by atoms with van der Waals surface area (Å²) in [5, 5.41) is 40.8. The lowest BCUT2D eigenvalue weighted by Crippen LogP contribution is -2.33. The van der Waals surface area contributed by atoms with Crippen LogP contribution in [-0.2, 0) is 4.74 Å². The molecule has 0 unspecified atom stereocenters. The van der Waals surface area contributed by atoms with Gasteiger partial charge in [-0.05, 0) is 0 Å². The van der Waals surface area contributed by atoms with Gasteiger partial charge in [-0.25, -0.2) is 4.68 Å². The van der Waals surface area contributed by atoms with E-state index in [1.807, 2.05) is 6.07 Å². The number of nitrogens with two attached hydrogens (primary N) is 1. The van der Waals surface area contributed by atoms with Gasteiger partial charge >= 0.3 is 0 Å². The topological polar surface area (TPSA) is 138 Å². The quantitative estimate of drug-likeness (QED) is 0.466. The van der Waals surface area contributed by atoms with Gasteiger partial charge in [0.1, 0.15) is 35.8 Å². The molecule has 2 heterocycles. The van der Waals surface area contributed by atoms with Crippen LogP contribution in [0.3, 0.4) is 0 Å². The molecule has 0 aromatic carbocycles. The standard InChI is InChI=1S/C9H12N4O4/c10-1-4-2-12-13(8(4)11)9-7(16)6(15)5(3-14)17-9/h2,5-7,9,14-16H,3,11H2/t5-,6-,7-,9+/m0/s1. The molecule has 17 heavy (non-hydrogen) atoms. The molecule has 1 saturated heterocycles. The summed E-state index contributed by atoms with van der Waals surface area (Å²) in [5.41, 5.74) is 5.79. The van der Waals surface area contributed by atoms with Crippen molar-refractivity contribution in [3.05, 3.63) is 11.8 Å². The van der Waals surface area contributed by atoms with Gasteiger partial charge in [-0.1, -0.05) is 0 Å². The Kier molecular flexibility index (Phi) is 2.99. The highest BCUT2D eigenvalue weighted by molar-refractivity contribution is 5.47. The summed E-state index contributed by atoms with van der Waals surface area (Å²) in [6.45, 7) is -0.430. The maximum Gasteiger partial charge on any atom is 0.181 e. The maximum absolute atomic E-state index is 9.73. The second kappa shape index (κ2) is 4.31. The van der Waals surface area contributed by atoms with Crippen molar-refractivity contribution in [1.82, 2.24) is 9.78 Å². The molecule has 1 aliphatic rings. The fourth-order valence-electron chi connectivity index (χ4n) is 1.74. The van der Waals surface area contributed by atoms with Crippen LogP contribution in [0.15, 0.2) is 6.20 Å². The Morgan fingerprint density at radius 2 is 2.24 bits per heavy atom. The number of nitrogens with zero attached hydrogens (tertiary/aromatic N) is 3. The predicted octanol–water partition coefficient (Wildman–Crippen LogP) is -2.05. The van der Waals surface area contributed by atoms with Gasteiger partial charge in [-0.15, -0.1) is 0 Å². The van der Waals surface area contributed by atoms with Gasteiger partial charge < -0.3 is 25.8 Å². The molecule has 8 nitrogen and oxygen atoms in total. The maximum atomic E-state index is 9.73. The van der Waals surface area contributed by atoms with Crippen LogP contribution in [-0.4, -0.2) is 50.0 Å². The monoisotopic (exact) mass is 240 g/mol. The number of rotatable bonds is 2. The van der Waals surface area contributed by atoms with E-state index in [1.54, 1.807) is 0 Å². The molecule has 1 aromatic rings. The van der Waals surface area contributed by atoms with Crippen LogP contribution in [0.25, 0.3) is 0 Å². The molecule has 0 aliphatic carbocycles. The normalized spacial score (nSPS) is 32.6. The summed E-state index contributed by atoms with van der Waals surface area (Å²) >= 11 is 0. The summed E-state index contributed by atoms with van der Waals surface area (Å²) in [4.78, 5) is 0. The molecule has 0 amide bonds. The summed E-state index contributed by atoms with van der Waals surface area (Å²) in [6, 6.07) is 1.83. The molecule has 0 radical (unpaired) electrons. The van der Waals surface area contributed by atoms with Crippen LogP contribution in [0.5, 0.6) is 0 Å². The molecule has 92 valence electrons. The zero-order chi connectivity index (χ0) is 12.6. The molecule has 1 aromatic heterocycles. The van der Waals surface area contributed by atoms with Crippen molar-refractivity contribution in [3.63, 3.8) is 0 Å². The molecular formula is C9H12N4O4. The van der Waals surface area contributed by atoms with E-state index in [4.69, 9.17) is 20.8 Å². The smallest absolute Gasteiger partial charge is 0.181 e. The third-order valence-corrected chi connectivity index (χ3v) is 2.71. The molecule has 8 heteroatoms. The summed E-state index contributed by atoms with van der Waals surface area (Å²) in [6.07, 6.45) is -3.15. The molecule has 0 saturated carbocycles. The first-order valence-electron chi connectivity index (χ1n) is 4.95. The van der Waals surface area contributed by atoms with Gasteiger partial charge in [0, 0.05) is 0 Å². The van der Waals surface area contributed by atoms with Crippen LogP contribution in [0.1, 0.15) is 11.8 Å². The Balaban J connectivity index is 2.29. The first kappa shape index (κ1) is 11.8. The van der Waals surface area contributed by atoms with Gasteiger partial charge in [0.25, 0.3) is 0 Å². The average Bonchev–Trinajstić information content (AvgIpc) is 2.82. The fraction of sp³-hybridized carbons (Fsp3) is 0.556. The Hall–Kier alpha value is -1.66. The second-order valence-electron chi connectivity index (χ2n) is 3.73. The highest BCUT2D eigenvalue weighted by Crippen LogP contribution is 2.31. The number of aliphatic hydroxyl groups excluding tert-OH is 3. The molecule has 5 N–H and O–H groups in total. The van der Waals surface area contributed by atoms with E-state index in [-0.39, 0.29) is 11.4 Å². The molecule has 0 bridgehead atoms. The van der Waals surface area contributed by atoms with Crippen LogP contribution >= 0.6 is 0 Å². The third kappa shape index (κ3) is 1.75. The van der Waals surface area contributed by atoms with Crippen molar-refractivity contribution in [2.24, 2.45) is 0 Å². The lowest BCUT2D eigenvalue weighted by Gasteiger charge is -2.16. The van der Waals surface area contributed by atoms with Crippen molar-refractivity contribution in [2.75, 3.05) is 12.3 Å². The highest BCUT2D eigenvalue weighted by atomic mass is 16.6. The van der Waals surface area contributed by atoms with E-state index in [2.05, 4.69) is 5.10 Å². The van der Waals surface area contributed by atoms with Gasteiger partial charge in [-0.3, -0.25) is 0 Å². The molecule has 1 fully saturated rings. The van der Waals surface area contributed by atoms with Crippen LogP contribution in [0, 0.1) is 11.3 Å². The minimum absolute atomic E-state index is 0.0438. The van der Waals surface area contributed by atoms with E-state index in [0.717, 1.165) is 4.68 Å². The molecular weight excluding hydrogens is 228 g/mol. The minimum atomic E-state index is -1.26. The first-order valence-corrected chi connectivity index (χ1v) is 4.95. The number of nitriles is 1. The number of hydrogen-bond acceptors (Lipinski definition) is 7. The lowest BCUT2D eigenvalue weighted by atomic mass is 10.1. The highest BCUT2D eigenvalue weighted by Gasteiger charge is 2.44. The van der Waals surface area contributed by atoms with Crippen LogP contribution in [0.4, 0.5) is 5.82 Å². The Morgan fingerprint density at radius 1 is 1.53 bits per heavy atom. The van der Waals surface area contributed by atoms with Gasteiger partial charge in [0.15, 0.2) is 6.23 Å². The van der Waals surface area contributed by atoms with Crippen molar-refractivity contribution in [3.8, 4) is 6.07 Å². The third-order valence-electron chi connectivity index (χ3n) is 2.71. The molecule has 2 rings (SSSR count). The van der Waals surface area contributed by atoms with Gasteiger partial charge in [0.2, 0.25) is 0 Å². The number of aliphatic hydroxyl groups is 3. The van der Waals surface area contributed by atoms with Gasteiger partial charge in [0.05, 0.1) is 12.8 Å². The number of nitrogen functional groups attached to an aromatic ring is 1. The summed E-state index contributed by atoms with van der Waals surface area (Å²) in [5.74, 6) is 0.0438. The zero-order valence-electron chi connectivity index (χ0n) is 8.76. The number of anilines is 1. The first-order chi connectivity index (χ1) is 8.10. The minimum Gasteiger partial charge on any atom is -0.394 e. The Morgan fingerprint density at radius 3 is 2.71 bits per heavy atom. The number of aromatic nitrogens is 2. The van der Waals surface area contributed by atoms with Crippen molar-refractivity contribution in [2.45, 2.75) is 24.5 Å². The van der Waals surface area contributed by atoms with E-state index >= 15 is 0 Å². The number of hydrogen-bond donors (Lipinski definition) is 4. The zero-order valence-corrected chi connectivity index (χ0v) is 8.76. The number of ether oxygens (including phenoxy) is 1. The Labute approximate surface area is 96.5 Å². The van der Waals surface area contributed by atoms with E-state index < -0.39 is 31.1 Å². The van der Waals surface area contributed by atoms with Crippen LogP contribution in [0.2, 0.25) is 0 Å². The van der Waals surface area contributed by atoms with Gasteiger partial charge in [-0.2, -0.15) is 10.4 Å². The van der Waals surface area contributed by atoms with Crippen molar-refractivity contribution < 1.29 is 20.1 Å². The van der Waals surface area contributed by atoms with Crippen molar-refractivity contribution in [1.29, 1.82) is 5.26 Å². The van der Waals surface area contributed by atoms with E-state index in [0.29, 0.717) is 0 Å².